The van der Waals surface area contributed by atoms with Crippen LogP contribution in [0.5, 0.6) is 0 Å². The van der Waals surface area contributed by atoms with Gasteiger partial charge < -0.3 is 14.4 Å². The molecule has 0 saturated carbocycles. The molecular formula is C12H20N2O3. The summed E-state index contributed by atoms with van der Waals surface area (Å²) in [5.74, 6) is 1.46. The highest BCUT2D eigenvalue weighted by molar-refractivity contribution is 4.97. The maximum absolute atomic E-state index is 10.4. The fourth-order valence-corrected chi connectivity index (χ4v) is 2.16. The van der Waals surface area contributed by atoms with Crippen molar-refractivity contribution in [1.82, 2.24) is 10.1 Å². The molecule has 2 rings (SSSR count). The highest BCUT2D eigenvalue weighted by atomic mass is 16.5. The van der Waals surface area contributed by atoms with Crippen molar-refractivity contribution in [3.63, 3.8) is 0 Å². The summed E-state index contributed by atoms with van der Waals surface area (Å²) in [5.41, 5.74) is -0.765. The van der Waals surface area contributed by atoms with Gasteiger partial charge in [0, 0.05) is 25.4 Å². The Kier molecular flexibility index (Phi) is 3.49. The molecule has 0 bridgehead atoms. The van der Waals surface area contributed by atoms with E-state index in [1.807, 2.05) is 20.8 Å². The van der Waals surface area contributed by atoms with Crippen LogP contribution in [0.15, 0.2) is 4.52 Å². The van der Waals surface area contributed by atoms with Crippen LogP contribution < -0.4 is 0 Å². The average molecular weight is 240 g/mol. The third kappa shape index (κ3) is 3.04. The second kappa shape index (κ2) is 4.74. The number of ether oxygens (including phenoxy) is 1. The molecule has 2 atom stereocenters. The summed E-state index contributed by atoms with van der Waals surface area (Å²) in [6.07, 6.45) is 1.74. The van der Waals surface area contributed by atoms with E-state index >= 15 is 0 Å². The van der Waals surface area contributed by atoms with Gasteiger partial charge in [0.1, 0.15) is 0 Å². The molecule has 5 heteroatoms. The van der Waals surface area contributed by atoms with Gasteiger partial charge in [-0.3, -0.25) is 0 Å². The minimum absolute atomic E-state index is 0.0845. The Bertz CT molecular complexity index is 378. The summed E-state index contributed by atoms with van der Waals surface area (Å²) in [4.78, 5) is 4.30. The third-order valence-corrected chi connectivity index (χ3v) is 3.12. The van der Waals surface area contributed by atoms with E-state index in [-0.39, 0.29) is 12.0 Å². The summed E-state index contributed by atoms with van der Waals surface area (Å²) in [7, 11) is 0. The Labute approximate surface area is 101 Å². The number of hydrogen-bond donors (Lipinski definition) is 1. The van der Waals surface area contributed by atoms with Crippen molar-refractivity contribution in [2.75, 3.05) is 6.61 Å². The highest BCUT2D eigenvalue weighted by Gasteiger charge is 2.35. The van der Waals surface area contributed by atoms with Gasteiger partial charge in [-0.15, -0.1) is 0 Å². The standard InChI is InChI=1S/C12H20N2O3/c1-8(2)11-13-10(17-14-11)7-12(15)4-5-16-9(3)6-12/h8-9,15H,4-7H2,1-3H3. The van der Waals surface area contributed by atoms with Crippen molar-refractivity contribution in [3.8, 4) is 0 Å². The molecule has 0 radical (unpaired) electrons. The lowest BCUT2D eigenvalue weighted by Crippen LogP contribution is -2.41. The quantitative estimate of drug-likeness (QED) is 0.870. The van der Waals surface area contributed by atoms with Crippen LogP contribution in [-0.2, 0) is 11.2 Å². The van der Waals surface area contributed by atoms with Crippen molar-refractivity contribution in [1.29, 1.82) is 0 Å². The topological polar surface area (TPSA) is 68.4 Å². The Hall–Kier alpha value is -0.940. The summed E-state index contributed by atoms with van der Waals surface area (Å²) in [5, 5.41) is 14.3. The van der Waals surface area contributed by atoms with Crippen LogP contribution in [-0.4, -0.2) is 33.6 Å². The van der Waals surface area contributed by atoms with E-state index in [9.17, 15) is 5.11 Å². The maximum atomic E-state index is 10.4. The maximum Gasteiger partial charge on any atom is 0.229 e. The lowest BCUT2D eigenvalue weighted by Gasteiger charge is -2.34. The molecule has 0 amide bonds. The Morgan fingerprint density at radius 1 is 1.53 bits per heavy atom. The zero-order valence-corrected chi connectivity index (χ0v) is 10.6. The van der Waals surface area contributed by atoms with Crippen molar-refractivity contribution in [3.05, 3.63) is 11.7 Å². The SMILES string of the molecule is CC1CC(O)(Cc2nc(C(C)C)no2)CCO1. The molecule has 1 aromatic rings. The molecule has 1 aliphatic rings. The molecule has 1 N–H and O–H groups in total. The average Bonchev–Trinajstić information content (AvgIpc) is 2.64. The number of rotatable bonds is 3. The van der Waals surface area contributed by atoms with Crippen LogP contribution in [0.1, 0.15) is 51.2 Å². The van der Waals surface area contributed by atoms with Crippen LogP contribution in [0.3, 0.4) is 0 Å². The molecule has 5 nitrogen and oxygen atoms in total. The van der Waals surface area contributed by atoms with Gasteiger partial charge in [0.15, 0.2) is 5.82 Å². The monoisotopic (exact) mass is 240 g/mol. The molecule has 2 unspecified atom stereocenters. The molecular weight excluding hydrogens is 220 g/mol. The first-order valence-corrected chi connectivity index (χ1v) is 6.15. The van der Waals surface area contributed by atoms with Gasteiger partial charge in [0.2, 0.25) is 5.89 Å². The van der Waals surface area contributed by atoms with Gasteiger partial charge in [-0.05, 0) is 6.92 Å². The smallest absolute Gasteiger partial charge is 0.229 e. The van der Waals surface area contributed by atoms with E-state index in [2.05, 4.69) is 10.1 Å². The zero-order valence-electron chi connectivity index (χ0n) is 10.6. The number of aromatic nitrogens is 2. The molecule has 0 aliphatic carbocycles. The Balaban J connectivity index is 2.03. The van der Waals surface area contributed by atoms with Crippen molar-refractivity contribution in [2.45, 2.75) is 57.7 Å². The van der Waals surface area contributed by atoms with Crippen LogP contribution in [0.25, 0.3) is 0 Å². The van der Waals surface area contributed by atoms with E-state index in [1.54, 1.807) is 0 Å². The lowest BCUT2D eigenvalue weighted by atomic mass is 9.88. The highest BCUT2D eigenvalue weighted by Crippen LogP contribution is 2.28. The summed E-state index contributed by atoms with van der Waals surface area (Å²) in [6.45, 7) is 6.58. The van der Waals surface area contributed by atoms with Gasteiger partial charge in [0.25, 0.3) is 0 Å². The molecule has 1 aromatic heterocycles. The second-order valence-electron chi connectivity index (χ2n) is 5.24. The van der Waals surface area contributed by atoms with Crippen LogP contribution >= 0.6 is 0 Å². The molecule has 0 spiro atoms. The molecule has 1 aliphatic heterocycles. The lowest BCUT2D eigenvalue weighted by molar-refractivity contribution is -0.0987. The number of aliphatic hydroxyl groups is 1. The van der Waals surface area contributed by atoms with Gasteiger partial charge in [-0.2, -0.15) is 4.98 Å². The largest absolute Gasteiger partial charge is 0.389 e. The summed E-state index contributed by atoms with van der Waals surface area (Å²) < 4.78 is 10.6. The molecule has 17 heavy (non-hydrogen) atoms. The van der Waals surface area contributed by atoms with Crippen LogP contribution in [0, 0.1) is 0 Å². The molecule has 1 saturated heterocycles. The Morgan fingerprint density at radius 2 is 2.29 bits per heavy atom. The fraction of sp³-hybridized carbons (Fsp3) is 0.833. The predicted octanol–water partition coefficient (Wildman–Crippen LogP) is 1.67. The van der Waals surface area contributed by atoms with E-state index in [1.165, 1.54) is 0 Å². The molecule has 2 heterocycles. The van der Waals surface area contributed by atoms with Gasteiger partial charge in [-0.25, -0.2) is 0 Å². The number of hydrogen-bond acceptors (Lipinski definition) is 5. The van der Waals surface area contributed by atoms with E-state index in [0.29, 0.717) is 37.6 Å². The van der Waals surface area contributed by atoms with Crippen molar-refractivity contribution < 1.29 is 14.4 Å². The van der Waals surface area contributed by atoms with E-state index in [0.717, 1.165) is 0 Å². The van der Waals surface area contributed by atoms with Crippen LogP contribution in [0.2, 0.25) is 0 Å². The van der Waals surface area contributed by atoms with Gasteiger partial charge in [0.05, 0.1) is 18.1 Å². The fourth-order valence-electron chi connectivity index (χ4n) is 2.16. The summed E-state index contributed by atoms with van der Waals surface area (Å²) in [6, 6.07) is 0. The normalized spacial score (nSPS) is 29.8. The summed E-state index contributed by atoms with van der Waals surface area (Å²) >= 11 is 0. The van der Waals surface area contributed by atoms with Crippen molar-refractivity contribution >= 4 is 0 Å². The van der Waals surface area contributed by atoms with E-state index < -0.39 is 5.60 Å². The predicted molar refractivity (Wildman–Crippen MR) is 61.7 cm³/mol. The first kappa shape index (κ1) is 12.5. The molecule has 0 aromatic carbocycles. The van der Waals surface area contributed by atoms with Crippen LogP contribution in [0.4, 0.5) is 0 Å². The van der Waals surface area contributed by atoms with E-state index in [4.69, 9.17) is 9.26 Å². The minimum Gasteiger partial charge on any atom is -0.389 e. The third-order valence-electron chi connectivity index (χ3n) is 3.12. The van der Waals surface area contributed by atoms with Gasteiger partial charge >= 0.3 is 0 Å². The molecule has 96 valence electrons. The first-order valence-electron chi connectivity index (χ1n) is 6.15. The van der Waals surface area contributed by atoms with Crippen molar-refractivity contribution in [2.24, 2.45) is 0 Å². The Morgan fingerprint density at radius 3 is 2.88 bits per heavy atom. The second-order valence-corrected chi connectivity index (χ2v) is 5.24. The van der Waals surface area contributed by atoms with Gasteiger partial charge in [-0.1, -0.05) is 19.0 Å². The first-order chi connectivity index (χ1) is 7.98. The molecule has 1 fully saturated rings. The zero-order chi connectivity index (χ0) is 12.5. The minimum atomic E-state index is -0.765. The number of nitrogens with zero attached hydrogens (tertiary/aromatic N) is 2.